The van der Waals surface area contributed by atoms with Crippen LogP contribution in [0.15, 0.2) is 48.5 Å². The van der Waals surface area contributed by atoms with Gasteiger partial charge in [0.1, 0.15) is 0 Å². The summed E-state index contributed by atoms with van der Waals surface area (Å²) in [6, 6.07) is 16.2. The second-order valence-electron chi connectivity index (χ2n) is 5.11. The summed E-state index contributed by atoms with van der Waals surface area (Å²) in [7, 11) is 2.07. The third-order valence-corrected chi connectivity index (χ3v) is 4.53. The Morgan fingerprint density at radius 1 is 1.05 bits per heavy atom. The molecule has 1 atom stereocenters. The predicted octanol–water partition coefficient (Wildman–Crippen LogP) is 4.17. The molecule has 0 spiro atoms. The van der Waals surface area contributed by atoms with E-state index in [2.05, 4.69) is 36.2 Å². The molecule has 2 aromatic rings. The Morgan fingerprint density at radius 3 is 2.43 bits per heavy atom. The molecule has 2 N–H and O–H groups in total. The van der Waals surface area contributed by atoms with Crippen LogP contribution in [0.3, 0.4) is 0 Å². The van der Waals surface area contributed by atoms with E-state index in [4.69, 9.17) is 28.9 Å². The van der Waals surface area contributed by atoms with Crippen molar-refractivity contribution in [2.45, 2.75) is 12.5 Å². The molecule has 1 unspecified atom stereocenters. The molecule has 0 saturated carbocycles. The van der Waals surface area contributed by atoms with Crippen molar-refractivity contribution in [1.82, 2.24) is 4.90 Å². The molecule has 0 amide bonds. The van der Waals surface area contributed by atoms with E-state index in [1.807, 2.05) is 18.2 Å². The van der Waals surface area contributed by atoms with E-state index in [-0.39, 0.29) is 6.04 Å². The maximum absolute atomic E-state index is 6.31. The fraction of sp³-hybridized carbons (Fsp3) is 0.294. The van der Waals surface area contributed by atoms with Gasteiger partial charge in [0, 0.05) is 19.1 Å². The summed E-state index contributed by atoms with van der Waals surface area (Å²) >= 11 is 12.4. The van der Waals surface area contributed by atoms with Crippen molar-refractivity contribution in [1.29, 1.82) is 0 Å². The molecule has 0 heterocycles. The van der Waals surface area contributed by atoms with Crippen molar-refractivity contribution >= 4 is 23.2 Å². The Balaban J connectivity index is 2.08. The lowest BCUT2D eigenvalue weighted by Crippen LogP contribution is -2.32. The lowest BCUT2D eigenvalue weighted by molar-refractivity contribution is 0.253. The number of nitrogens with zero attached hydrogens (tertiary/aromatic N) is 1. The Labute approximate surface area is 136 Å². The highest BCUT2D eigenvalue weighted by Crippen LogP contribution is 2.31. The standard InChI is InChI=1S/C17H20Cl2N2/c1-21(11-10-13-6-3-2-4-7-13)16(12-20)14-8-5-9-15(18)17(14)19/h2-9,16H,10-12,20H2,1H3. The molecule has 0 radical (unpaired) electrons. The highest BCUT2D eigenvalue weighted by Gasteiger charge is 2.19. The van der Waals surface area contributed by atoms with Gasteiger partial charge in [-0.25, -0.2) is 0 Å². The van der Waals surface area contributed by atoms with Crippen molar-refractivity contribution in [3.8, 4) is 0 Å². The molecule has 0 aliphatic heterocycles. The first-order valence-corrected chi connectivity index (χ1v) is 7.77. The highest BCUT2D eigenvalue weighted by molar-refractivity contribution is 6.42. The maximum Gasteiger partial charge on any atom is 0.0640 e. The van der Waals surface area contributed by atoms with Gasteiger partial charge >= 0.3 is 0 Å². The van der Waals surface area contributed by atoms with E-state index >= 15 is 0 Å². The summed E-state index contributed by atoms with van der Waals surface area (Å²) in [4.78, 5) is 2.23. The van der Waals surface area contributed by atoms with Crippen LogP contribution in [0.1, 0.15) is 17.2 Å². The van der Waals surface area contributed by atoms with Gasteiger partial charge in [-0.1, -0.05) is 65.7 Å². The van der Waals surface area contributed by atoms with Gasteiger partial charge in [-0.05, 0) is 30.7 Å². The van der Waals surface area contributed by atoms with Gasteiger partial charge in [-0.2, -0.15) is 0 Å². The summed E-state index contributed by atoms with van der Waals surface area (Å²) in [5.74, 6) is 0. The molecule has 2 aromatic carbocycles. The van der Waals surface area contributed by atoms with Crippen molar-refractivity contribution in [2.75, 3.05) is 20.1 Å². The van der Waals surface area contributed by atoms with Gasteiger partial charge < -0.3 is 5.73 Å². The number of nitrogens with two attached hydrogens (primary N) is 1. The summed E-state index contributed by atoms with van der Waals surface area (Å²) in [5.41, 5.74) is 8.26. The lowest BCUT2D eigenvalue weighted by atomic mass is 10.0. The first-order chi connectivity index (χ1) is 10.1. The van der Waals surface area contributed by atoms with Crippen molar-refractivity contribution in [3.63, 3.8) is 0 Å². The van der Waals surface area contributed by atoms with Gasteiger partial charge in [-0.15, -0.1) is 0 Å². The van der Waals surface area contributed by atoms with Gasteiger partial charge in [0.2, 0.25) is 0 Å². The molecule has 0 saturated heterocycles. The van der Waals surface area contributed by atoms with E-state index in [9.17, 15) is 0 Å². The second kappa shape index (κ2) is 7.81. The van der Waals surface area contributed by atoms with E-state index in [1.54, 1.807) is 6.07 Å². The van der Waals surface area contributed by atoms with Crippen LogP contribution in [0.2, 0.25) is 10.0 Å². The smallest absolute Gasteiger partial charge is 0.0640 e. The first-order valence-electron chi connectivity index (χ1n) is 7.01. The molecule has 0 bridgehead atoms. The average molecular weight is 323 g/mol. The Hall–Kier alpha value is -1.06. The molecule has 112 valence electrons. The second-order valence-corrected chi connectivity index (χ2v) is 5.90. The van der Waals surface area contributed by atoms with Crippen molar-refractivity contribution < 1.29 is 0 Å². The summed E-state index contributed by atoms with van der Waals surface area (Å²) < 4.78 is 0. The van der Waals surface area contributed by atoms with Crippen LogP contribution in [-0.4, -0.2) is 25.0 Å². The Kier molecular flexibility index (Phi) is 6.07. The predicted molar refractivity (Wildman–Crippen MR) is 91.0 cm³/mol. The SMILES string of the molecule is CN(CCc1ccccc1)C(CN)c1cccc(Cl)c1Cl. The Bertz CT molecular complexity index is 572. The molecule has 4 heteroatoms. The minimum absolute atomic E-state index is 0.0694. The van der Waals surface area contributed by atoms with Gasteiger partial charge in [-0.3, -0.25) is 4.90 Å². The molecular weight excluding hydrogens is 303 g/mol. The molecule has 2 rings (SSSR count). The fourth-order valence-corrected chi connectivity index (χ4v) is 2.86. The number of hydrogen-bond donors (Lipinski definition) is 1. The quantitative estimate of drug-likeness (QED) is 0.864. The molecule has 21 heavy (non-hydrogen) atoms. The van der Waals surface area contributed by atoms with E-state index < -0.39 is 0 Å². The van der Waals surface area contributed by atoms with E-state index in [0.29, 0.717) is 16.6 Å². The minimum atomic E-state index is 0.0694. The van der Waals surface area contributed by atoms with Crippen LogP contribution >= 0.6 is 23.2 Å². The largest absolute Gasteiger partial charge is 0.329 e. The average Bonchev–Trinajstić information content (AvgIpc) is 2.51. The highest BCUT2D eigenvalue weighted by atomic mass is 35.5. The number of hydrogen-bond acceptors (Lipinski definition) is 2. The van der Waals surface area contributed by atoms with E-state index in [0.717, 1.165) is 18.5 Å². The molecule has 2 nitrogen and oxygen atoms in total. The molecule has 0 aromatic heterocycles. The fourth-order valence-electron chi connectivity index (χ4n) is 2.43. The summed E-state index contributed by atoms with van der Waals surface area (Å²) in [5, 5.41) is 1.17. The third-order valence-electron chi connectivity index (χ3n) is 3.69. The summed E-state index contributed by atoms with van der Waals surface area (Å²) in [6.07, 6.45) is 0.978. The molecular formula is C17H20Cl2N2. The van der Waals surface area contributed by atoms with Crippen molar-refractivity contribution in [2.24, 2.45) is 5.73 Å². The van der Waals surface area contributed by atoms with Crippen LogP contribution < -0.4 is 5.73 Å². The lowest BCUT2D eigenvalue weighted by Gasteiger charge is -2.28. The van der Waals surface area contributed by atoms with Crippen LogP contribution in [0.25, 0.3) is 0 Å². The van der Waals surface area contributed by atoms with Crippen LogP contribution in [0.5, 0.6) is 0 Å². The number of halogens is 2. The number of rotatable bonds is 6. The third kappa shape index (κ3) is 4.21. The summed E-state index contributed by atoms with van der Waals surface area (Å²) in [6.45, 7) is 1.42. The molecule has 0 fully saturated rings. The van der Waals surface area contributed by atoms with Gasteiger partial charge in [0.05, 0.1) is 10.0 Å². The monoisotopic (exact) mass is 322 g/mol. The molecule has 0 aliphatic carbocycles. The van der Waals surface area contributed by atoms with Crippen LogP contribution in [-0.2, 0) is 6.42 Å². The number of benzene rings is 2. The molecule has 0 aliphatic rings. The topological polar surface area (TPSA) is 29.3 Å². The zero-order valence-corrected chi connectivity index (χ0v) is 13.6. The minimum Gasteiger partial charge on any atom is -0.329 e. The normalized spacial score (nSPS) is 12.6. The van der Waals surface area contributed by atoms with Crippen LogP contribution in [0.4, 0.5) is 0 Å². The van der Waals surface area contributed by atoms with Gasteiger partial charge in [0.15, 0.2) is 0 Å². The Morgan fingerprint density at radius 2 is 1.76 bits per heavy atom. The zero-order chi connectivity index (χ0) is 15.2. The van der Waals surface area contributed by atoms with Crippen molar-refractivity contribution in [3.05, 3.63) is 69.7 Å². The zero-order valence-electron chi connectivity index (χ0n) is 12.1. The number of likely N-dealkylation sites (N-methyl/N-ethyl adjacent to an activating group) is 1. The van der Waals surface area contributed by atoms with E-state index in [1.165, 1.54) is 5.56 Å². The maximum atomic E-state index is 6.31. The first kappa shape index (κ1) is 16.3. The van der Waals surface area contributed by atoms with Gasteiger partial charge in [0.25, 0.3) is 0 Å². The van der Waals surface area contributed by atoms with Crippen LogP contribution in [0, 0.1) is 0 Å².